The number of rotatable bonds is 3. The zero-order valence-corrected chi connectivity index (χ0v) is 12.3. The quantitative estimate of drug-likeness (QED) is 0.850. The largest absolute Gasteiger partial charge is 0.465 e. The van der Waals surface area contributed by atoms with Crippen molar-refractivity contribution < 1.29 is 14.3 Å². The molecule has 1 saturated heterocycles. The van der Waals surface area contributed by atoms with Crippen LogP contribution in [-0.2, 0) is 9.47 Å². The number of nitrogens with two attached hydrogens (primary N) is 1. The number of aryl methyl sites for hydroxylation is 1. The van der Waals surface area contributed by atoms with Crippen LogP contribution < -0.4 is 10.6 Å². The topological polar surface area (TPSA) is 64.8 Å². The summed E-state index contributed by atoms with van der Waals surface area (Å²) in [5.74, 6) is -0.272. The summed E-state index contributed by atoms with van der Waals surface area (Å²) >= 11 is 1.47. The van der Waals surface area contributed by atoms with Crippen LogP contribution in [0.1, 0.15) is 21.7 Å². The molecule has 1 aliphatic rings. The third-order valence-corrected chi connectivity index (χ3v) is 4.78. The molecule has 106 valence electrons. The van der Waals surface area contributed by atoms with Crippen molar-refractivity contribution in [2.24, 2.45) is 5.73 Å². The average Bonchev–Trinajstić information content (AvgIpc) is 2.80. The summed E-state index contributed by atoms with van der Waals surface area (Å²) in [5, 5.41) is 1.08. The predicted molar refractivity (Wildman–Crippen MR) is 76.0 cm³/mol. The van der Waals surface area contributed by atoms with Gasteiger partial charge in [0, 0.05) is 26.2 Å². The molecule has 0 bridgehead atoms. The minimum Gasteiger partial charge on any atom is -0.465 e. The van der Waals surface area contributed by atoms with E-state index in [4.69, 9.17) is 15.2 Å². The van der Waals surface area contributed by atoms with Crippen LogP contribution in [0.5, 0.6) is 0 Å². The first-order valence-corrected chi connectivity index (χ1v) is 7.10. The zero-order chi connectivity index (χ0) is 14.0. The van der Waals surface area contributed by atoms with Crippen LogP contribution >= 0.6 is 11.3 Å². The maximum absolute atomic E-state index is 11.6. The molecule has 1 aliphatic heterocycles. The fraction of sp³-hybridized carbons (Fsp3) is 0.615. The highest BCUT2D eigenvalue weighted by molar-refractivity contribution is 7.18. The van der Waals surface area contributed by atoms with Crippen LogP contribution in [0.25, 0.3) is 0 Å². The summed E-state index contributed by atoms with van der Waals surface area (Å²) in [5.41, 5.74) is 6.97. The molecule has 0 unspecified atom stereocenters. The van der Waals surface area contributed by atoms with Crippen LogP contribution in [0.15, 0.2) is 6.07 Å². The molecule has 1 aromatic heterocycles. The molecular weight excluding hydrogens is 264 g/mol. The summed E-state index contributed by atoms with van der Waals surface area (Å²) in [6.45, 7) is 3.58. The van der Waals surface area contributed by atoms with Gasteiger partial charge in [0.05, 0.1) is 18.2 Å². The molecule has 19 heavy (non-hydrogen) atoms. The van der Waals surface area contributed by atoms with Gasteiger partial charge in [-0.3, -0.25) is 0 Å². The third kappa shape index (κ3) is 2.91. The summed E-state index contributed by atoms with van der Waals surface area (Å²) in [6, 6.07) is 2.11. The molecule has 0 aliphatic carbocycles. The van der Waals surface area contributed by atoms with Gasteiger partial charge in [0.25, 0.3) is 0 Å². The van der Waals surface area contributed by atoms with Crippen LogP contribution in [0.3, 0.4) is 0 Å². The molecule has 0 radical (unpaired) electrons. The minimum atomic E-state index is -0.272. The second-order valence-corrected chi connectivity index (χ2v) is 5.79. The van der Waals surface area contributed by atoms with Gasteiger partial charge < -0.3 is 20.1 Å². The Kier molecular flexibility index (Phi) is 4.44. The van der Waals surface area contributed by atoms with E-state index in [1.165, 1.54) is 18.4 Å². The van der Waals surface area contributed by atoms with Crippen molar-refractivity contribution >= 4 is 22.3 Å². The van der Waals surface area contributed by atoms with Crippen molar-refractivity contribution in [2.45, 2.75) is 25.5 Å². The minimum absolute atomic E-state index is 0.0396. The third-order valence-electron chi connectivity index (χ3n) is 3.50. The van der Waals surface area contributed by atoms with Gasteiger partial charge >= 0.3 is 5.97 Å². The van der Waals surface area contributed by atoms with E-state index in [-0.39, 0.29) is 18.1 Å². The highest BCUT2D eigenvalue weighted by Gasteiger charge is 2.28. The Hall–Kier alpha value is -1.11. The number of esters is 1. The maximum Gasteiger partial charge on any atom is 0.348 e. The first-order chi connectivity index (χ1) is 9.06. The molecule has 2 rings (SSSR count). The second-order valence-electron chi connectivity index (χ2n) is 4.76. The molecular formula is C13H20N2O3S. The number of piperidine rings is 1. The number of anilines is 1. The first-order valence-electron chi connectivity index (χ1n) is 6.29. The van der Waals surface area contributed by atoms with Gasteiger partial charge in [0.1, 0.15) is 4.88 Å². The Bertz CT molecular complexity index is 461. The Morgan fingerprint density at radius 3 is 2.89 bits per heavy atom. The van der Waals surface area contributed by atoms with Gasteiger partial charge in [-0.2, -0.15) is 0 Å². The van der Waals surface area contributed by atoms with Crippen molar-refractivity contribution in [2.75, 3.05) is 32.2 Å². The van der Waals surface area contributed by atoms with E-state index in [9.17, 15) is 4.79 Å². The zero-order valence-electron chi connectivity index (χ0n) is 11.5. The molecule has 0 amide bonds. The Morgan fingerprint density at radius 1 is 1.53 bits per heavy atom. The van der Waals surface area contributed by atoms with E-state index in [2.05, 4.69) is 4.90 Å². The summed E-state index contributed by atoms with van der Waals surface area (Å²) in [7, 11) is 3.09. The van der Waals surface area contributed by atoms with Crippen molar-refractivity contribution in [1.82, 2.24) is 0 Å². The van der Waals surface area contributed by atoms with Gasteiger partial charge in [-0.1, -0.05) is 0 Å². The summed E-state index contributed by atoms with van der Waals surface area (Å²) < 4.78 is 10.2. The molecule has 1 fully saturated rings. The lowest BCUT2D eigenvalue weighted by Crippen LogP contribution is -2.51. The molecule has 0 aromatic carbocycles. The molecule has 0 spiro atoms. The maximum atomic E-state index is 11.6. The second kappa shape index (κ2) is 5.90. The number of nitrogens with zero attached hydrogens (tertiary/aromatic N) is 1. The van der Waals surface area contributed by atoms with Gasteiger partial charge in [-0.15, -0.1) is 11.3 Å². The average molecular weight is 284 g/mol. The van der Waals surface area contributed by atoms with E-state index in [1.54, 1.807) is 7.11 Å². The normalized spacial score (nSPS) is 23.5. The number of methoxy groups -OCH3 is 2. The molecule has 2 heterocycles. The van der Waals surface area contributed by atoms with Gasteiger partial charge in [-0.25, -0.2) is 4.79 Å². The smallest absolute Gasteiger partial charge is 0.348 e. The molecule has 1 aromatic rings. The molecule has 6 heteroatoms. The molecule has 2 atom stereocenters. The van der Waals surface area contributed by atoms with Gasteiger partial charge in [0.2, 0.25) is 0 Å². The number of ether oxygens (including phenoxy) is 2. The molecule has 2 N–H and O–H groups in total. The van der Waals surface area contributed by atoms with Crippen LogP contribution in [0.2, 0.25) is 0 Å². The van der Waals surface area contributed by atoms with E-state index in [0.29, 0.717) is 4.88 Å². The Balaban J connectivity index is 2.16. The molecule has 5 nitrogen and oxygen atoms in total. The van der Waals surface area contributed by atoms with Gasteiger partial charge in [0.15, 0.2) is 0 Å². The monoisotopic (exact) mass is 284 g/mol. The SMILES string of the molecule is COC(=O)c1sc(N2CC[C@@H](N)[C@@H](OC)C2)cc1C. The summed E-state index contributed by atoms with van der Waals surface area (Å²) in [6.07, 6.45) is 0.931. The molecule has 0 saturated carbocycles. The van der Waals surface area contributed by atoms with Crippen molar-refractivity contribution in [3.05, 3.63) is 16.5 Å². The highest BCUT2D eigenvalue weighted by atomic mass is 32.1. The van der Waals surface area contributed by atoms with Crippen molar-refractivity contribution in [3.63, 3.8) is 0 Å². The van der Waals surface area contributed by atoms with Crippen LogP contribution in [0, 0.1) is 6.92 Å². The first kappa shape index (κ1) is 14.3. The van der Waals surface area contributed by atoms with Crippen LogP contribution in [-0.4, -0.2) is 45.4 Å². The Labute approximate surface area is 117 Å². The number of carbonyl (C=O) groups excluding carboxylic acids is 1. The number of thiophene rings is 1. The lowest BCUT2D eigenvalue weighted by Gasteiger charge is -2.36. The van der Waals surface area contributed by atoms with E-state index in [1.807, 2.05) is 13.0 Å². The number of hydrogen-bond acceptors (Lipinski definition) is 6. The van der Waals surface area contributed by atoms with Crippen molar-refractivity contribution in [1.29, 1.82) is 0 Å². The van der Waals surface area contributed by atoms with E-state index in [0.717, 1.165) is 30.1 Å². The highest BCUT2D eigenvalue weighted by Crippen LogP contribution is 2.32. The standard InChI is InChI=1S/C13H20N2O3S/c1-8-6-11(19-12(8)13(16)18-3)15-5-4-9(14)10(7-15)17-2/h6,9-10H,4-5,7,14H2,1-3H3/t9-,10+/m1/s1. The van der Waals surface area contributed by atoms with Gasteiger partial charge in [-0.05, 0) is 25.0 Å². The van der Waals surface area contributed by atoms with E-state index >= 15 is 0 Å². The summed E-state index contributed by atoms with van der Waals surface area (Å²) in [4.78, 5) is 14.5. The number of carbonyl (C=O) groups is 1. The van der Waals surface area contributed by atoms with E-state index < -0.39 is 0 Å². The lowest BCUT2D eigenvalue weighted by atomic mass is 10.0. The van der Waals surface area contributed by atoms with Crippen LogP contribution in [0.4, 0.5) is 5.00 Å². The lowest BCUT2D eigenvalue weighted by molar-refractivity contribution is 0.0605. The fourth-order valence-electron chi connectivity index (χ4n) is 2.30. The fourth-order valence-corrected chi connectivity index (χ4v) is 3.43. The Morgan fingerprint density at radius 2 is 2.26 bits per heavy atom. The van der Waals surface area contributed by atoms with Crippen molar-refractivity contribution in [3.8, 4) is 0 Å². The predicted octanol–water partition coefficient (Wildman–Crippen LogP) is 1.40. The number of hydrogen-bond donors (Lipinski definition) is 1.